The molecule has 2 aromatic heterocycles. The fraction of sp³-hybridized carbons (Fsp3) is 0.286. The number of carbonyl (C=O) groups is 1. The molecule has 0 bridgehead atoms. The number of benzene rings is 2. The van der Waals surface area contributed by atoms with E-state index < -0.39 is 27.5 Å². The van der Waals surface area contributed by atoms with Gasteiger partial charge >= 0.3 is 5.97 Å². The van der Waals surface area contributed by atoms with Crippen molar-refractivity contribution in [1.29, 1.82) is 0 Å². The van der Waals surface area contributed by atoms with Crippen LogP contribution in [0.2, 0.25) is 0 Å². The molecule has 2 aromatic carbocycles. The first-order valence-electron chi connectivity index (χ1n) is 11.9. The van der Waals surface area contributed by atoms with Crippen LogP contribution in [0.15, 0.2) is 59.3 Å². The molecule has 200 valence electrons. The Morgan fingerprint density at radius 1 is 1.18 bits per heavy atom. The van der Waals surface area contributed by atoms with Crippen molar-refractivity contribution in [1.82, 2.24) is 9.71 Å². The molecule has 8 nitrogen and oxygen atoms in total. The minimum absolute atomic E-state index is 0.00614. The number of methoxy groups -OCH3 is 1. The number of nitrogens with one attached hydrogen (secondary N) is 1. The van der Waals surface area contributed by atoms with Gasteiger partial charge < -0.3 is 19.0 Å². The molecule has 0 fully saturated rings. The lowest BCUT2D eigenvalue weighted by molar-refractivity contribution is -0.136. The van der Waals surface area contributed by atoms with E-state index in [0.717, 1.165) is 5.39 Å². The van der Waals surface area contributed by atoms with Crippen molar-refractivity contribution in [2.75, 3.05) is 7.11 Å². The van der Waals surface area contributed by atoms with Gasteiger partial charge in [0.1, 0.15) is 12.2 Å². The SMILES string of the molecule is COc1cccc(CC(=O)O)c1OCc1cc(-c2ccnc(CNS(=O)C(C)(C)C)c2F)c2occc2c1. The molecule has 0 amide bonds. The number of halogens is 1. The summed E-state index contributed by atoms with van der Waals surface area (Å²) in [6.07, 6.45) is 2.80. The number of pyridine rings is 1. The van der Waals surface area contributed by atoms with E-state index in [2.05, 4.69) is 9.71 Å². The number of carboxylic acids is 1. The van der Waals surface area contributed by atoms with Crippen molar-refractivity contribution in [2.24, 2.45) is 0 Å². The summed E-state index contributed by atoms with van der Waals surface area (Å²) >= 11 is 0. The standard InChI is InChI=1S/C28H29FN2O6S/c1-28(2,3)38(34)31-15-22-25(29)20(8-10-30-22)21-13-17(12-19-9-11-36-26(19)21)16-37-27-18(14-24(32)33)6-5-7-23(27)35-4/h5-13,31H,14-16H2,1-4H3,(H,32,33). The Morgan fingerprint density at radius 2 is 1.97 bits per heavy atom. The van der Waals surface area contributed by atoms with E-state index in [0.29, 0.717) is 33.8 Å². The van der Waals surface area contributed by atoms with Crippen LogP contribution in [0.25, 0.3) is 22.1 Å². The first kappa shape index (κ1) is 27.3. The second-order valence-corrected chi connectivity index (χ2v) is 11.7. The number of carboxylic acid groups (broad SMARTS) is 1. The van der Waals surface area contributed by atoms with Gasteiger partial charge in [0.15, 0.2) is 17.3 Å². The molecule has 1 atom stereocenters. The maximum atomic E-state index is 15.6. The van der Waals surface area contributed by atoms with Crippen LogP contribution >= 0.6 is 0 Å². The first-order chi connectivity index (χ1) is 18.1. The van der Waals surface area contributed by atoms with Crippen LogP contribution < -0.4 is 14.2 Å². The van der Waals surface area contributed by atoms with Crippen molar-refractivity contribution in [3.05, 3.63) is 77.6 Å². The van der Waals surface area contributed by atoms with Crippen LogP contribution in [0.4, 0.5) is 4.39 Å². The third-order valence-corrected chi connectivity index (χ3v) is 7.31. The van der Waals surface area contributed by atoms with Crippen LogP contribution in [0.1, 0.15) is 37.6 Å². The second-order valence-electron chi connectivity index (χ2n) is 9.61. The van der Waals surface area contributed by atoms with E-state index in [4.69, 9.17) is 13.9 Å². The lowest BCUT2D eigenvalue weighted by Gasteiger charge is -2.18. The molecule has 0 saturated heterocycles. The van der Waals surface area contributed by atoms with E-state index in [1.54, 1.807) is 36.4 Å². The van der Waals surface area contributed by atoms with E-state index >= 15 is 4.39 Å². The molecule has 10 heteroatoms. The van der Waals surface area contributed by atoms with Gasteiger partial charge in [-0.1, -0.05) is 12.1 Å². The van der Waals surface area contributed by atoms with Crippen LogP contribution in [0, 0.1) is 5.82 Å². The predicted molar refractivity (Wildman–Crippen MR) is 143 cm³/mol. The summed E-state index contributed by atoms with van der Waals surface area (Å²) in [6, 6.07) is 12.0. The van der Waals surface area contributed by atoms with Crippen molar-refractivity contribution in [2.45, 2.75) is 45.1 Å². The highest BCUT2D eigenvalue weighted by atomic mass is 32.2. The lowest BCUT2D eigenvalue weighted by atomic mass is 10.00. The highest BCUT2D eigenvalue weighted by molar-refractivity contribution is 7.84. The van der Waals surface area contributed by atoms with Crippen LogP contribution in [-0.4, -0.2) is 32.1 Å². The number of para-hydroxylation sites is 1. The lowest BCUT2D eigenvalue weighted by Crippen LogP contribution is -2.33. The molecule has 0 spiro atoms. The van der Waals surface area contributed by atoms with Crippen LogP contribution in [-0.2, 0) is 35.4 Å². The highest BCUT2D eigenvalue weighted by Gasteiger charge is 2.22. The van der Waals surface area contributed by atoms with Gasteiger partial charge in [0.25, 0.3) is 0 Å². The number of hydrogen-bond donors (Lipinski definition) is 2. The van der Waals surface area contributed by atoms with Gasteiger partial charge in [-0.3, -0.25) is 9.78 Å². The topological polar surface area (TPSA) is 111 Å². The maximum absolute atomic E-state index is 15.6. The third-order valence-electron chi connectivity index (χ3n) is 5.79. The van der Waals surface area contributed by atoms with Gasteiger partial charge in [-0.05, 0) is 56.7 Å². The number of hydrogen-bond acceptors (Lipinski definition) is 6. The number of furan rings is 1. The van der Waals surface area contributed by atoms with E-state index in [1.807, 2.05) is 26.8 Å². The molecule has 0 aliphatic carbocycles. The fourth-order valence-electron chi connectivity index (χ4n) is 3.94. The Balaban J connectivity index is 1.67. The summed E-state index contributed by atoms with van der Waals surface area (Å²) in [5, 5.41) is 10.0. The van der Waals surface area contributed by atoms with Gasteiger partial charge in [0.05, 0.1) is 47.8 Å². The third kappa shape index (κ3) is 6.03. The molecule has 2 heterocycles. The molecule has 38 heavy (non-hydrogen) atoms. The Hall–Kier alpha value is -3.76. The number of ether oxygens (including phenoxy) is 2. The summed E-state index contributed by atoms with van der Waals surface area (Å²) in [6.45, 7) is 5.55. The van der Waals surface area contributed by atoms with Gasteiger partial charge in [-0.15, -0.1) is 0 Å². The van der Waals surface area contributed by atoms with Crippen LogP contribution in [0.5, 0.6) is 11.5 Å². The average molecular weight is 541 g/mol. The smallest absolute Gasteiger partial charge is 0.307 e. The zero-order valence-corrected chi connectivity index (χ0v) is 22.4. The molecule has 0 saturated carbocycles. The van der Waals surface area contributed by atoms with Gasteiger partial charge in [-0.25, -0.2) is 13.3 Å². The molecule has 0 aliphatic rings. The highest BCUT2D eigenvalue weighted by Crippen LogP contribution is 2.35. The van der Waals surface area contributed by atoms with Crippen LogP contribution in [0.3, 0.4) is 0 Å². The van der Waals surface area contributed by atoms with Gasteiger partial charge in [0.2, 0.25) is 0 Å². The first-order valence-corrected chi connectivity index (χ1v) is 13.0. The second kappa shape index (κ2) is 11.3. The summed E-state index contributed by atoms with van der Waals surface area (Å²) in [5.74, 6) is -0.787. The Morgan fingerprint density at radius 3 is 2.68 bits per heavy atom. The zero-order valence-electron chi connectivity index (χ0n) is 21.5. The van der Waals surface area contributed by atoms with Gasteiger partial charge in [-0.2, -0.15) is 0 Å². The summed E-state index contributed by atoms with van der Waals surface area (Å²) in [4.78, 5) is 15.5. The number of nitrogens with zero attached hydrogens (tertiary/aromatic N) is 1. The minimum Gasteiger partial charge on any atom is -0.493 e. The number of rotatable bonds is 10. The van der Waals surface area contributed by atoms with E-state index in [-0.39, 0.29) is 30.8 Å². The fourth-order valence-corrected chi connectivity index (χ4v) is 4.64. The summed E-state index contributed by atoms with van der Waals surface area (Å²) in [5.41, 5.74) is 2.62. The largest absolute Gasteiger partial charge is 0.493 e. The molecule has 4 aromatic rings. The predicted octanol–water partition coefficient (Wildman–Crippen LogP) is 5.40. The summed E-state index contributed by atoms with van der Waals surface area (Å²) in [7, 11) is 0.0991. The minimum atomic E-state index is -1.39. The molecular weight excluding hydrogens is 511 g/mol. The Labute approximate surface area is 222 Å². The maximum Gasteiger partial charge on any atom is 0.307 e. The number of aliphatic carboxylic acids is 1. The van der Waals surface area contributed by atoms with Crippen molar-refractivity contribution in [3.63, 3.8) is 0 Å². The normalized spacial score (nSPS) is 12.4. The van der Waals surface area contributed by atoms with Gasteiger partial charge in [0, 0.05) is 28.3 Å². The zero-order chi connectivity index (χ0) is 27.4. The molecule has 1 unspecified atom stereocenters. The van der Waals surface area contributed by atoms with Crippen molar-refractivity contribution >= 4 is 27.9 Å². The molecule has 0 radical (unpaired) electrons. The average Bonchev–Trinajstić information content (AvgIpc) is 3.34. The monoisotopic (exact) mass is 540 g/mol. The Kier molecular flexibility index (Phi) is 8.13. The van der Waals surface area contributed by atoms with Crippen molar-refractivity contribution < 1.29 is 32.4 Å². The quantitative estimate of drug-likeness (QED) is 0.277. The molecule has 2 N–H and O–H groups in total. The number of aromatic nitrogens is 1. The van der Waals surface area contributed by atoms with E-state index in [9.17, 15) is 14.1 Å². The van der Waals surface area contributed by atoms with Crippen molar-refractivity contribution in [3.8, 4) is 22.6 Å². The Bertz CT molecular complexity index is 1490. The molecule has 4 rings (SSSR count). The van der Waals surface area contributed by atoms with E-state index in [1.165, 1.54) is 19.6 Å². The summed E-state index contributed by atoms with van der Waals surface area (Å²) < 4.78 is 47.5. The molecular formula is C28H29FN2O6S. The molecule has 0 aliphatic heterocycles. The number of fused-ring (bicyclic) bond motifs is 1.